The van der Waals surface area contributed by atoms with Gasteiger partial charge in [-0.25, -0.2) is 10.4 Å². The Hall–Kier alpha value is -4.17. The molecule has 2 amide bonds. The van der Waals surface area contributed by atoms with Gasteiger partial charge in [-0.3, -0.25) is 14.0 Å². The second kappa shape index (κ2) is 11.3. The van der Waals surface area contributed by atoms with E-state index in [-0.39, 0.29) is 12.5 Å². The first-order chi connectivity index (χ1) is 17.0. The van der Waals surface area contributed by atoms with Crippen LogP contribution >= 0.6 is 11.6 Å². The predicted octanol–water partition coefficient (Wildman–Crippen LogP) is 3.80. The third-order valence-corrected chi connectivity index (χ3v) is 5.40. The van der Waals surface area contributed by atoms with Crippen LogP contribution in [0.5, 0.6) is 5.75 Å². The molecule has 0 saturated heterocycles. The maximum Gasteiger partial charge on any atom is 0.290 e. The minimum absolute atomic E-state index is 0.0685. The van der Waals surface area contributed by atoms with Crippen LogP contribution in [0.15, 0.2) is 78.0 Å². The van der Waals surface area contributed by atoms with Gasteiger partial charge in [-0.05, 0) is 60.9 Å². The highest BCUT2D eigenvalue weighted by atomic mass is 35.5. The van der Waals surface area contributed by atoms with Gasteiger partial charge in [0, 0.05) is 12.7 Å². The van der Waals surface area contributed by atoms with E-state index in [2.05, 4.69) is 20.8 Å². The molecule has 4 rings (SSSR count). The standard InChI is InChI=1S/C26H24ClN5O3/c1-18-25(32-16-21(27)9-12-23(32)30-18)26(34)31-29-15-20-7-10-22(11-8-20)35-17-24(33)28-14-13-19-5-3-2-4-6-19/h2-12,15-16H,13-14,17H2,1H3,(H,28,33)(H,31,34)/b29-15-. The SMILES string of the molecule is Cc1nc2ccc(Cl)cn2c1C(=O)N/N=C\c1ccc(OCC(=O)NCCc2ccccc2)cc1. The maximum absolute atomic E-state index is 12.6. The predicted molar refractivity (Wildman–Crippen MR) is 135 cm³/mol. The van der Waals surface area contributed by atoms with E-state index in [0.29, 0.717) is 34.4 Å². The van der Waals surface area contributed by atoms with Crippen molar-refractivity contribution in [3.05, 3.63) is 100 Å². The lowest BCUT2D eigenvalue weighted by Crippen LogP contribution is -2.30. The molecule has 178 valence electrons. The molecule has 9 heteroatoms. The minimum Gasteiger partial charge on any atom is -0.484 e. The highest BCUT2D eigenvalue weighted by Crippen LogP contribution is 2.16. The molecule has 0 atom stereocenters. The molecule has 0 aliphatic rings. The molecule has 0 saturated carbocycles. The fraction of sp³-hybridized carbons (Fsp3) is 0.154. The molecule has 4 aromatic rings. The van der Waals surface area contributed by atoms with Crippen molar-refractivity contribution in [3.63, 3.8) is 0 Å². The second-order valence-corrected chi connectivity index (χ2v) is 8.20. The molecule has 0 spiro atoms. The number of pyridine rings is 1. The molecule has 0 bridgehead atoms. The lowest BCUT2D eigenvalue weighted by Gasteiger charge is -2.08. The zero-order chi connectivity index (χ0) is 24.6. The van der Waals surface area contributed by atoms with Crippen LogP contribution in [0, 0.1) is 6.92 Å². The summed E-state index contributed by atoms with van der Waals surface area (Å²) < 4.78 is 7.17. The van der Waals surface area contributed by atoms with Gasteiger partial charge >= 0.3 is 0 Å². The number of hydrazone groups is 1. The van der Waals surface area contributed by atoms with Gasteiger partial charge in [0.25, 0.3) is 11.8 Å². The number of carbonyl (C=O) groups excluding carboxylic acids is 2. The number of benzene rings is 2. The molecule has 0 radical (unpaired) electrons. The van der Waals surface area contributed by atoms with E-state index in [1.807, 2.05) is 30.3 Å². The summed E-state index contributed by atoms with van der Waals surface area (Å²) in [7, 11) is 0. The number of nitrogens with one attached hydrogen (secondary N) is 2. The van der Waals surface area contributed by atoms with Crippen molar-refractivity contribution in [2.75, 3.05) is 13.2 Å². The summed E-state index contributed by atoms with van der Waals surface area (Å²) in [5.74, 6) is -0.0207. The van der Waals surface area contributed by atoms with E-state index < -0.39 is 5.91 Å². The fourth-order valence-electron chi connectivity index (χ4n) is 3.47. The molecular formula is C26H24ClN5O3. The van der Waals surface area contributed by atoms with E-state index >= 15 is 0 Å². The Labute approximate surface area is 207 Å². The summed E-state index contributed by atoms with van der Waals surface area (Å²) >= 11 is 6.04. The van der Waals surface area contributed by atoms with Gasteiger partial charge in [-0.2, -0.15) is 5.10 Å². The number of hydrogen-bond acceptors (Lipinski definition) is 5. The van der Waals surface area contributed by atoms with Crippen molar-refractivity contribution >= 4 is 35.3 Å². The maximum atomic E-state index is 12.6. The van der Waals surface area contributed by atoms with Crippen molar-refractivity contribution in [1.82, 2.24) is 20.1 Å². The summed E-state index contributed by atoms with van der Waals surface area (Å²) in [5, 5.41) is 7.37. The third-order valence-electron chi connectivity index (χ3n) is 5.18. The molecule has 0 aliphatic heterocycles. The molecule has 2 heterocycles. The summed E-state index contributed by atoms with van der Waals surface area (Å²) in [5.41, 5.74) is 6.00. The molecule has 35 heavy (non-hydrogen) atoms. The topological polar surface area (TPSA) is 97.1 Å². The number of carbonyl (C=O) groups is 2. The first-order valence-corrected chi connectivity index (χ1v) is 11.4. The van der Waals surface area contributed by atoms with Gasteiger partial charge in [0.2, 0.25) is 0 Å². The molecule has 2 aromatic carbocycles. The average molecular weight is 490 g/mol. The Bertz CT molecular complexity index is 1350. The largest absolute Gasteiger partial charge is 0.484 e. The smallest absolute Gasteiger partial charge is 0.290 e. The zero-order valence-corrected chi connectivity index (χ0v) is 19.8. The normalized spacial score (nSPS) is 11.0. The molecule has 2 N–H and O–H groups in total. The quantitative estimate of drug-likeness (QED) is 0.276. The van der Waals surface area contributed by atoms with Crippen LogP contribution in [0.25, 0.3) is 5.65 Å². The number of halogens is 1. The van der Waals surface area contributed by atoms with E-state index in [1.54, 1.807) is 53.9 Å². The Morgan fingerprint density at radius 1 is 1.09 bits per heavy atom. The van der Waals surface area contributed by atoms with E-state index in [9.17, 15) is 9.59 Å². The van der Waals surface area contributed by atoms with E-state index in [4.69, 9.17) is 16.3 Å². The van der Waals surface area contributed by atoms with E-state index in [1.165, 1.54) is 11.8 Å². The summed E-state index contributed by atoms with van der Waals surface area (Å²) in [4.78, 5) is 29.0. The van der Waals surface area contributed by atoms with Gasteiger partial charge in [0.05, 0.1) is 16.9 Å². The van der Waals surface area contributed by atoms with Crippen LogP contribution in [0.2, 0.25) is 5.02 Å². The van der Waals surface area contributed by atoms with Gasteiger partial charge in [0.15, 0.2) is 6.61 Å². The number of aryl methyl sites for hydroxylation is 1. The molecular weight excluding hydrogens is 466 g/mol. The van der Waals surface area contributed by atoms with Gasteiger partial charge in [0.1, 0.15) is 17.1 Å². The number of hydrogen-bond donors (Lipinski definition) is 2. The average Bonchev–Trinajstić information content (AvgIpc) is 3.19. The Kier molecular flexibility index (Phi) is 7.74. The van der Waals surface area contributed by atoms with Gasteiger partial charge in [-0.1, -0.05) is 41.9 Å². The molecule has 0 aliphatic carbocycles. The third kappa shape index (κ3) is 6.45. The van der Waals surface area contributed by atoms with Crippen molar-refractivity contribution in [2.45, 2.75) is 13.3 Å². The monoisotopic (exact) mass is 489 g/mol. The minimum atomic E-state index is -0.397. The molecule has 0 unspecified atom stereocenters. The molecule has 2 aromatic heterocycles. The van der Waals surface area contributed by atoms with Gasteiger partial charge < -0.3 is 10.1 Å². The van der Waals surface area contributed by atoms with Crippen LogP contribution in [0.3, 0.4) is 0 Å². The van der Waals surface area contributed by atoms with E-state index in [0.717, 1.165) is 12.0 Å². The summed E-state index contributed by atoms with van der Waals surface area (Å²) in [6.45, 7) is 2.23. The van der Waals surface area contributed by atoms with Crippen molar-refractivity contribution < 1.29 is 14.3 Å². The van der Waals surface area contributed by atoms with Crippen LogP contribution in [-0.2, 0) is 11.2 Å². The number of ether oxygens (including phenoxy) is 1. The van der Waals surface area contributed by atoms with Crippen molar-refractivity contribution in [1.29, 1.82) is 0 Å². The fourth-order valence-corrected chi connectivity index (χ4v) is 3.63. The molecule has 0 fully saturated rings. The Morgan fingerprint density at radius 2 is 1.86 bits per heavy atom. The number of imidazole rings is 1. The van der Waals surface area contributed by atoms with Crippen LogP contribution < -0.4 is 15.5 Å². The van der Waals surface area contributed by atoms with Gasteiger partial charge in [-0.15, -0.1) is 0 Å². The highest BCUT2D eigenvalue weighted by molar-refractivity contribution is 6.30. The molecule has 8 nitrogen and oxygen atoms in total. The number of nitrogens with zero attached hydrogens (tertiary/aromatic N) is 3. The van der Waals surface area contributed by atoms with Crippen molar-refractivity contribution in [3.8, 4) is 5.75 Å². The number of amides is 2. The second-order valence-electron chi connectivity index (χ2n) is 7.76. The van der Waals surface area contributed by atoms with Crippen LogP contribution in [0.1, 0.15) is 27.3 Å². The number of rotatable bonds is 9. The number of aromatic nitrogens is 2. The first-order valence-electron chi connectivity index (χ1n) is 11.0. The lowest BCUT2D eigenvalue weighted by atomic mass is 10.1. The summed E-state index contributed by atoms with van der Waals surface area (Å²) in [6, 6.07) is 20.4. The zero-order valence-electron chi connectivity index (χ0n) is 19.1. The van der Waals surface area contributed by atoms with Crippen LogP contribution in [0.4, 0.5) is 0 Å². The number of fused-ring (bicyclic) bond motifs is 1. The Morgan fingerprint density at radius 3 is 2.63 bits per heavy atom. The first kappa shape index (κ1) is 24.0. The highest BCUT2D eigenvalue weighted by Gasteiger charge is 2.16. The Balaban J connectivity index is 1.24. The summed E-state index contributed by atoms with van der Waals surface area (Å²) in [6.07, 6.45) is 3.92. The van der Waals surface area contributed by atoms with Crippen molar-refractivity contribution in [2.24, 2.45) is 5.10 Å². The lowest BCUT2D eigenvalue weighted by molar-refractivity contribution is -0.123. The van der Waals surface area contributed by atoms with Crippen LogP contribution in [-0.4, -0.2) is 40.6 Å².